The van der Waals surface area contributed by atoms with Crippen LogP contribution in [0.1, 0.15) is 13.3 Å². The van der Waals surface area contributed by atoms with Crippen molar-refractivity contribution < 1.29 is 5.11 Å². The summed E-state index contributed by atoms with van der Waals surface area (Å²) in [5.41, 5.74) is 5.37. The Bertz CT molecular complexity index is 39.1. The molecule has 1 unspecified atom stereocenters. The van der Waals surface area contributed by atoms with Crippen molar-refractivity contribution in [1.29, 1.82) is 0 Å². The lowest BCUT2D eigenvalue weighted by atomic mass is 10.2. The highest BCUT2D eigenvalue weighted by molar-refractivity contribution is 4.72. The summed E-state index contributed by atoms with van der Waals surface area (Å²) in [4.78, 5) is 0. The van der Waals surface area contributed by atoms with E-state index in [1.807, 2.05) is 13.3 Å². The van der Waals surface area contributed by atoms with Crippen LogP contribution in [0.4, 0.5) is 0 Å². The van der Waals surface area contributed by atoms with Crippen LogP contribution in [0.3, 0.4) is 0 Å². The van der Waals surface area contributed by atoms with Gasteiger partial charge < -0.3 is 10.8 Å². The van der Waals surface area contributed by atoms with Gasteiger partial charge in [-0.1, -0.05) is 6.92 Å². The molecule has 7 heavy (non-hydrogen) atoms. The monoisotopic (exact) mass is 102 g/mol. The molecule has 1 radical (unpaired) electrons. The van der Waals surface area contributed by atoms with Gasteiger partial charge in [0.25, 0.3) is 0 Å². The number of hydrogen-bond donors (Lipinski definition) is 2. The zero-order valence-electron chi connectivity index (χ0n) is 4.59. The molecule has 0 aliphatic carbocycles. The van der Waals surface area contributed by atoms with E-state index < -0.39 is 0 Å². The summed E-state index contributed by atoms with van der Waals surface area (Å²) in [6.45, 7) is 2.08. The lowest BCUT2D eigenvalue weighted by molar-refractivity contribution is 0.281. The minimum absolute atomic E-state index is 0.0741. The van der Waals surface area contributed by atoms with Gasteiger partial charge in [-0.15, -0.1) is 0 Å². The van der Waals surface area contributed by atoms with E-state index in [4.69, 9.17) is 10.8 Å². The van der Waals surface area contributed by atoms with Gasteiger partial charge in [0.05, 0.1) is 0 Å². The first-order chi connectivity index (χ1) is 3.31. The summed E-state index contributed by atoms with van der Waals surface area (Å²) in [6.07, 6.45) is 2.55. The van der Waals surface area contributed by atoms with Crippen molar-refractivity contribution in [3.8, 4) is 0 Å². The Kier molecular flexibility index (Phi) is 4.04. The maximum atomic E-state index is 8.27. The first-order valence-corrected chi connectivity index (χ1v) is 2.47. The van der Waals surface area contributed by atoms with Gasteiger partial charge in [0, 0.05) is 12.6 Å². The summed E-state index contributed by atoms with van der Waals surface area (Å²) in [7, 11) is 0. The lowest BCUT2D eigenvalue weighted by Crippen LogP contribution is -2.20. The summed E-state index contributed by atoms with van der Waals surface area (Å²) >= 11 is 0. The summed E-state index contributed by atoms with van der Waals surface area (Å²) in [6, 6.07) is 0.0741. The highest BCUT2D eigenvalue weighted by Gasteiger charge is 1.94. The number of rotatable bonds is 3. The molecule has 2 nitrogen and oxygen atoms in total. The lowest BCUT2D eigenvalue weighted by Gasteiger charge is -2.02. The maximum absolute atomic E-state index is 8.27. The highest BCUT2D eigenvalue weighted by atomic mass is 16.3. The Morgan fingerprint density at radius 3 is 2.57 bits per heavy atom. The van der Waals surface area contributed by atoms with Crippen molar-refractivity contribution in [2.24, 2.45) is 5.73 Å². The SMILES string of the molecule is C[CH]C(N)CCO. The number of aliphatic hydroxyl groups excluding tert-OH is 1. The van der Waals surface area contributed by atoms with E-state index in [1.165, 1.54) is 0 Å². The second-order valence-electron chi connectivity index (χ2n) is 1.51. The van der Waals surface area contributed by atoms with Gasteiger partial charge in [-0.25, -0.2) is 0 Å². The van der Waals surface area contributed by atoms with E-state index in [0.29, 0.717) is 6.42 Å². The highest BCUT2D eigenvalue weighted by Crippen LogP contribution is 1.87. The zero-order valence-corrected chi connectivity index (χ0v) is 4.59. The topological polar surface area (TPSA) is 46.2 Å². The Balaban J connectivity index is 2.83. The van der Waals surface area contributed by atoms with E-state index in [0.717, 1.165) is 0 Å². The fraction of sp³-hybridized carbons (Fsp3) is 0.800. The standard InChI is InChI=1S/C5H12NO/c1-2-5(6)3-4-7/h2,5,7H,3-4,6H2,1H3. The summed E-state index contributed by atoms with van der Waals surface area (Å²) in [5, 5.41) is 8.27. The van der Waals surface area contributed by atoms with Crippen LogP contribution >= 0.6 is 0 Å². The van der Waals surface area contributed by atoms with Crippen molar-refractivity contribution in [1.82, 2.24) is 0 Å². The molecule has 0 amide bonds. The first-order valence-electron chi connectivity index (χ1n) is 2.47. The van der Waals surface area contributed by atoms with Crippen LogP contribution < -0.4 is 5.73 Å². The largest absolute Gasteiger partial charge is 0.396 e. The van der Waals surface area contributed by atoms with Crippen LogP contribution in [0.5, 0.6) is 0 Å². The van der Waals surface area contributed by atoms with Crippen molar-refractivity contribution in [3.05, 3.63) is 6.42 Å². The molecule has 3 N–H and O–H groups in total. The molecule has 43 valence electrons. The van der Waals surface area contributed by atoms with Crippen LogP contribution in [0.2, 0.25) is 0 Å². The second-order valence-corrected chi connectivity index (χ2v) is 1.51. The van der Waals surface area contributed by atoms with Gasteiger partial charge >= 0.3 is 0 Å². The molecule has 2 heteroatoms. The first kappa shape index (κ1) is 6.92. The molecule has 0 aliphatic rings. The average Bonchev–Trinajstić information content (AvgIpc) is 1.68. The molecule has 0 aliphatic heterocycles. The van der Waals surface area contributed by atoms with Gasteiger partial charge in [-0.2, -0.15) is 0 Å². The van der Waals surface area contributed by atoms with E-state index in [-0.39, 0.29) is 12.6 Å². The molecular weight excluding hydrogens is 90.1 g/mol. The number of nitrogens with two attached hydrogens (primary N) is 1. The van der Waals surface area contributed by atoms with Crippen LogP contribution in [0.15, 0.2) is 0 Å². The summed E-state index contributed by atoms with van der Waals surface area (Å²) in [5.74, 6) is 0. The smallest absolute Gasteiger partial charge is 0.0445 e. The molecule has 0 heterocycles. The Morgan fingerprint density at radius 1 is 1.86 bits per heavy atom. The fourth-order valence-electron chi connectivity index (χ4n) is 0.316. The van der Waals surface area contributed by atoms with Gasteiger partial charge in [0.1, 0.15) is 0 Å². The van der Waals surface area contributed by atoms with Crippen molar-refractivity contribution in [3.63, 3.8) is 0 Å². The van der Waals surface area contributed by atoms with Crippen molar-refractivity contribution >= 4 is 0 Å². The third kappa shape index (κ3) is 3.76. The van der Waals surface area contributed by atoms with Gasteiger partial charge in [0.15, 0.2) is 0 Å². The van der Waals surface area contributed by atoms with Crippen LogP contribution in [0.25, 0.3) is 0 Å². The Labute approximate surface area is 44.3 Å². The minimum atomic E-state index is 0.0741. The Hall–Kier alpha value is -0.0800. The second kappa shape index (κ2) is 4.09. The molecule has 0 spiro atoms. The third-order valence-electron chi connectivity index (χ3n) is 0.891. The molecule has 0 aromatic rings. The van der Waals surface area contributed by atoms with Gasteiger partial charge in [0.2, 0.25) is 0 Å². The molecule has 0 saturated carbocycles. The molecule has 0 bridgehead atoms. The minimum Gasteiger partial charge on any atom is -0.396 e. The molecule has 0 aromatic carbocycles. The third-order valence-corrected chi connectivity index (χ3v) is 0.891. The quantitative estimate of drug-likeness (QED) is 0.523. The molecule has 0 fully saturated rings. The van der Waals surface area contributed by atoms with Crippen molar-refractivity contribution in [2.45, 2.75) is 19.4 Å². The molecule has 1 atom stereocenters. The van der Waals surface area contributed by atoms with Crippen LogP contribution in [-0.4, -0.2) is 17.8 Å². The van der Waals surface area contributed by atoms with Gasteiger partial charge in [-0.3, -0.25) is 0 Å². The number of aliphatic hydroxyl groups is 1. The van der Waals surface area contributed by atoms with E-state index >= 15 is 0 Å². The maximum Gasteiger partial charge on any atom is 0.0445 e. The van der Waals surface area contributed by atoms with E-state index in [9.17, 15) is 0 Å². The van der Waals surface area contributed by atoms with Gasteiger partial charge in [-0.05, 0) is 12.8 Å². The predicted molar refractivity (Wildman–Crippen MR) is 29.7 cm³/mol. The van der Waals surface area contributed by atoms with E-state index in [2.05, 4.69) is 0 Å². The molecular formula is C5H12NO. The molecule has 0 saturated heterocycles. The predicted octanol–water partition coefficient (Wildman–Crippen LogP) is -0.0797. The Morgan fingerprint density at radius 2 is 2.43 bits per heavy atom. The number of hydrogen-bond acceptors (Lipinski definition) is 2. The zero-order chi connectivity index (χ0) is 5.70. The van der Waals surface area contributed by atoms with Crippen LogP contribution in [0, 0.1) is 6.42 Å². The normalized spacial score (nSPS) is 14.1. The summed E-state index contributed by atoms with van der Waals surface area (Å²) < 4.78 is 0. The van der Waals surface area contributed by atoms with E-state index in [1.54, 1.807) is 0 Å². The van der Waals surface area contributed by atoms with Crippen molar-refractivity contribution in [2.75, 3.05) is 6.61 Å². The average molecular weight is 102 g/mol. The van der Waals surface area contributed by atoms with Crippen LogP contribution in [-0.2, 0) is 0 Å². The molecule has 0 rings (SSSR count). The fourth-order valence-corrected chi connectivity index (χ4v) is 0.316. The molecule has 0 aromatic heterocycles.